The van der Waals surface area contributed by atoms with Crippen LogP contribution in [0.3, 0.4) is 0 Å². The predicted molar refractivity (Wildman–Crippen MR) is 82.2 cm³/mol. The molecular weight excluding hydrogens is 282 g/mol. The summed E-state index contributed by atoms with van der Waals surface area (Å²) in [5, 5.41) is 19.6. The van der Waals surface area contributed by atoms with Gasteiger partial charge in [0.25, 0.3) is 5.91 Å². The van der Waals surface area contributed by atoms with E-state index >= 15 is 0 Å². The highest BCUT2D eigenvalue weighted by molar-refractivity contribution is 6.05. The third kappa shape index (κ3) is 3.12. The van der Waals surface area contributed by atoms with Gasteiger partial charge in [0.05, 0.1) is 5.56 Å². The minimum absolute atomic E-state index is 0.0386. The molecule has 1 fully saturated rings. The van der Waals surface area contributed by atoms with Crippen LogP contribution >= 0.6 is 0 Å². The van der Waals surface area contributed by atoms with Gasteiger partial charge in [-0.25, -0.2) is 0 Å². The van der Waals surface area contributed by atoms with Gasteiger partial charge in [0.15, 0.2) is 5.82 Å². The van der Waals surface area contributed by atoms with E-state index in [1.54, 1.807) is 12.1 Å². The molecule has 2 aromatic rings. The Hall–Kier alpha value is -2.34. The third-order valence-corrected chi connectivity index (χ3v) is 3.90. The summed E-state index contributed by atoms with van der Waals surface area (Å²) in [7, 11) is 0. The summed E-state index contributed by atoms with van der Waals surface area (Å²) in [6.45, 7) is 3.37. The second-order valence-corrected chi connectivity index (χ2v) is 5.57. The van der Waals surface area contributed by atoms with Crippen LogP contribution in [-0.4, -0.2) is 34.4 Å². The number of aryl methyl sites for hydroxylation is 1. The Labute approximate surface area is 128 Å². The van der Waals surface area contributed by atoms with Gasteiger partial charge in [-0.1, -0.05) is 11.6 Å². The number of benzene rings is 1. The smallest absolute Gasteiger partial charge is 0.260 e. The van der Waals surface area contributed by atoms with Crippen molar-refractivity contribution in [2.45, 2.75) is 25.7 Å². The van der Waals surface area contributed by atoms with E-state index < -0.39 is 0 Å². The van der Waals surface area contributed by atoms with Crippen LogP contribution in [0.2, 0.25) is 0 Å². The number of amides is 1. The average molecular weight is 301 g/mol. The highest BCUT2D eigenvalue weighted by Gasteiger charge is 2.19. The molecule has 116 valence electrons. The minimum Gasteiger partial charge on any atom is -0.507 e. The number of ether oxygens (including phenoxy) is 1. The lowest BCUT2D eigenvalue weighted by atomic mass is 9.97. The second-order valence-electron chi connectivity index (χ2n) is 5.57. The predicted octanol–water partition coefficient (Wildman–Crippen LogP) is 2.57. The number of hydrogen-bond acceptors (Lipinski definition) is 4. The van der Waals surface area contributed by atoms with Gasteiger partial charge in [-0.3, -0.25) is 9.89 Å². The quantitative estimate of drug-likeness (QED) is 0.813. The van der Waals surface area contributed by atoms with Gasteiger partial charge < -0.3 is 15.2 Å². The number of H-pyrrole nitrogens is 1. The SMILES string of the molecule is Cc1ccc(O)c(C(=O)Nc2cc(C3CCOCC3)[nH]n2)c1. The van der Waals surface area contributed by atoms with Crippen LogP contribution in [0.1, 0.15) is 40.4 Å². The van der Waals surface area contributed by atoms with E-state index in [9.17, 15) is 9.90 Å². The first-order valence-electron chi connectivity index (χ1n) is 7.37. The number of aromatic hydroxyl groups is 1. The number of phenolic OH excluding ortho intramolecular Hbond substituents is 1. The van der Waals surface area contributed by atoms with Gasteiger partial charge in [-0.2, -0.15) is 5.10 Å². The van der Waals surface area contributed by atoms with Crippen LogP contribution < -0.4 is 5.32 Å². The van der Waals surface area contributed by atoms with Crippen molar-refractivity contribution in [1.29, 1.82) is 0 Å². The molecule has 1 aliphatic heterocycles. The molecule has 0 atom stereocenters. The van der Waals surface area contributed by atoms with Crippen LogP contribution in [0.5, 0.6) is 5.75 Å². The lowest BCUT2D eigenvalue weighted by Crippen LogP contribution is -2.14. The van der Waals surface area contributed by atoms with Crippen LogP contribution in [0.15, 0.2) is 24.3 Å². The van der Waals surface area contributed by atoms with Gasteiger partial charge in [-0.15, -0.1) is 0 Å². The van der Waals surface area contributed by atoms with Crippen molar-refractivity contribution >= 4 is 11.7 Å². The number of hydrogen-bond donors (Lipinski definition) is 3. The van der Waals surface area contributed by atoms with Crippen molar-refractivity contribution in [1.82, 2.24) is 10.2 Å². The van der Waals surface area contributed by atoms with E-state index in [4.69, 9.17) is 4.74 Å². The lowest BCUT2D eigenvalue weighted by molar-refractivity contribution is 0.0845. The molecule has 1 aromatic heterocycles. The summed E-state index contributed by atoms with van der Waals surface area (Å²) in [5.74, 6) is 0.446. The molecule has 0 unspecified atom stereocenters. The monoisotopic (exact) mass is 301 g/mol. The standard InChI is InChI=1S/C16H19N3O3/c1-10-2-3-14(20)12(8-10)16(21)17-15-9-13(18-19-15)11-4-6-22-7-5-11/h2-3,8-9,11,20H,4-7H2,1H3,(H2,17,18,19,21). The zero-order chi connectivity index (χ0) is 15.5. The molecule has 0 radical (unpaired) electrons. The Kier molecular flexibility index (Phi) is 4.11. The van der Waals surface area contributed by atoms with Crippen LogP contribution in [0.4, 0.5) is 5.82 Å². The number of nitrogens with one attached hydrogen (secondary N) is 2. The zero-order valence-corrected chi connectivity index (χ0v) is 12.4. The number of nitrogens with zero attached hydrogens (tertiary/aromatic N) is 1. The summed E-state index contributed by atoms with van der Waals surface area (Å²) in [4.78, 5) is 12.2. The number of carbonyl (C=O) groups excluding carboxylic acids is 1. The Balaban J connectivity index is 1.71. The van der Waals surface area contributed by atoms with Gasteiger partial charge in [0.2, 0.25) is 0 Å². The minimum atomic E-state index is -0.369. The molecule has 1 saturated heterocycles. The Morgan fingerprint density at radius 2 is 2.14 bits per heavy atom. The molecule has 6 heteroatoms. The highest BCUT2D eigenvalue weighted by Crippen LogP contribution is 2.27. The van der Waals surface area contributed by atoms with Gasteiger partial charge in [-0.05, 0) is 31.9 Å². The summed E-state index contributed by atoms with van der Waals surface area (Å²) in [6.07, 6.45) is 1.91. The fraction of sp³-hybridized carbons (Fsp3) is 0.375. The Morgan fingerprint density at radius 3 is 2.91 bits per heavy atom. The maximum Gasteiger partial charge on any atom is 0.260 e. The van der Waals surface area contributed by atoms with Gasteiger partial charge >= 0.3 is 0 Å². The normalized spacial score (nSPS) is 15.7. The van der Waals surface area contributed by atoms with Crippen LogP contribution in [0.25, 0.3) is 0 Å². The maximum atomic E-state index is 12.2. The topological polar surface area (TPSA) is 87.2 Å². The van der Waals surface area contributed by atoms with E-state index in [0.717, 1.165) is 37.3 Å². The van der Waals surface area contributed by atoms with Gasteiger partial charge in [0, 0.05) is 30.9 Å². The molecule has 6 nitrogen and oxygen atoms in total. The van der Waals surface area contributed by atoms with Crippen molar-refractivity contribution < 1.29 is 14.6 Å². The number of aromatic amines is 1. The Morgan fingerprint density at radius 1 is 1.36 bits per heavy atom. The molecule has 0 aliphatic carbocycles. The zero-order valence-electron chi connectivity index (χ0n) is 12.4. The fourth-order valence-corrected chi connectivity index (χ4v) is 2.63. The number of carbonyl (C=O) groups is 1. The highest BCUT2D eigenvalue weighted by atomic mass is 16.5. The van der Waals surface area contributed by atoms with Crippen molar-refractivity contribution in [3.8, 4) is 5.75 Å². The largest absolute Gasteiger partial charge is 0.507 e. The van der Waals surface area contributed by atoms with E-state index in [1.165, 1.54) is 6.07 Å². The van der Waals surface area contributed by atoms with E-state index in [0.29, 0.717) is 11.7 Å². The molecule has 0 saturated carbocycles. The number of phenols is 1. The van der Waals surface area contributed by atoms with Crippen molar-refractivity contribution in [2.24, 2.45) is 0 Å². The van der Waals surface area contributed by atoms with E-state index in [2.05, 4.69) is 15.5 Å². The Bertz CT molecular complexity index is 675. The number of anilines is 1. The third-order valence-electron chi connectivity index (χ3n) is 3.90. The summed E-state index contributed by atoms with van der Waals surface area (Å²) >= 11 is 0. The molecule has 1 aromatic carbocycles. The van der Waals surface area contributed by atoms with E-state index in [1.807, 2.05) is 13.0 Å². The molecule has 2 heterocycles. The van der Waals surface area contributed by atoms with Crippen molar-refractivity contribution in [3.63, 3.8) is 0 Å². The molecule has 3 rings (SSSR count). The van der Waals surface area contributed by atoms with Crippen LogP contribution in [-0.2, 0) is 4.74 Å². The fourth-order valence-electron chi connectivity index (χ4n) is 2.63. The first-order chi connectivity index (χ1) is 10.6. The van der Waals surface area contributed by atoms with Crippen molar-refractivity contribution in [3.05, 3.63) is 41.1 Å². The molecular formula is C16H19N3O3. The summed E-state index contributed by atoms with van der Waals surface area (Å²) < 4.78 is 5.34. The van der Waals surface area contributed by atoms with Crippen LogP contribution in [0, 0.1) is 6.92 Å². The molecule has 22 heavy (non-hydrogen) atoms. The average Bonchev–Trinajstić information content (AvgIpc) is 2.99. The number of rotatable bonds is 3. The van der Waals surface area contributed by atoms with Gasteiger partial charge in [0.1, 0.15) is 5.75 Å². The first-order valence-corrected chi connectivity index (χ1v) is 7.37. The summed E-state index contributed by atoms with van der Waals surface area (Å²) in [6, 6.07) is 6.77. The molecule has 1 amide bonds. The maximum absolute atomic E-state index is 12.2. The molecule has 1 aliphatic rings. The molecule has 3 N–H and O–H groups in total. The molecule has 0 bridgehead atoms. The number of aromatic nitrogens is 2. The van der Waals surface area contributed by atoms with E-state index in [-0.39, 0.29) is 17.2 Å². The molecule has 0 spiro atoms. The van der Waals surface area contributed by atoms with Crippen molar-refractivity contribution in [2.75, 3.05) is 18.5 Å². The summed E-state index contributed by atoms with van der Waals surface area (Å²) in [5.41, 5.74) is 2.16. The lowest BCUT2D eigenvalue weighted by Gasteiger charge is -2.20. The second kappa shape index (κ2) is 6.19. The first kappa shape index (κ1) is 14.6.